The van der Waals surface area contributed by atoms with E-state index in [1.54, 1.807) is 0 Å². The first kappa shape index (κ1) is 27.3. The molecule has 0 amide bonds. The first-order valence-corrected chi connectivity index (χ1v) is 12.7. The van der Waals surface area contributed by atoms with Gasteiger partial charge in [0, 0.05) is 26.2 Å². The highest BCUT2D eigenvalue weighted by Crippen LogP contribution is 2.36. The van der Waals surface area contributed by atoms with Gasteiger partial charge in [-0.05, 0) is 75.5 Å². The van der Waals surface area contributed by atoms with Crippen molar-refractivity contribution < 1.29 is 0 Å². The maximum Gasteiger partial charge on any atom is 0.197 e. The van der Waals surface area contributed by atoms with Crippen LogP contribution in [-0.4, -0.2) is 47.5 Å². The van der Waals surface area contributed by atoms with E-state index in [1.807, 2.05) is 0 Å². The summed E-state index contributed by atoms with van der Waals surface area (Å²) in [5, 5.41) is 0. The summed E-state index contributed by atoms with van der Waals surface area (Å²) in [6, 6.07) is 0. The summed E-state index contributed by atoms with van der Waals surface area (Å²) in [7, 11) is 0. The lowest BCUT2D eigenvalue weighted by molar-refractivity contribution is 0.191. The van der Waals surface area contributed by atoms with E-state index in [9.17, 15) is 0 Å². The first-order valence-electron chi connectivity index (χ1n) is 12.7. The molecule has 1 aliphatic rings. The monoisotopic (exact) mass is 421 g/mol. The normalized spacial score (nSPS) is 19.6. The van der Waals surface area contributed by atoms with Crippen LogP contribution >= 0.6 is 0 Å². The van der Waals surface area contributed by atoms with E-state index < -0.39 is 0 Å². The molecule has 0 spiro atoms. The maximum atomic E-state index is 5.16. The van der Waals surface area contributed by atoms with Crippen LogP contribution in [0.2, 0.25) is 0 Å². The Morgan fingerprint density at radius 2 is 1.37 bits per heavy atom. The molecule has 1 fully saturated rings. The van der Waals surface area contributed by atoms with Gasteiger partial charge in [0.05, 0.1) is 5.54 Å². The van der Waals surface area contributed by atoms with Crippen molar-refractivity contribution in [1.82, 2.24) is 9.80 Å². The molecule has 178 valence electrons. The van der Waals surface area contributed by atoms with Crippen LogP contribution < -0.4 is 0 Å². The van der Waals surface area contributed by atoms with Crippen molar-refractivity contribution in [2.45, 2.75) is 120 Å². The average molecular weight is 422 g/mol. The van der Waals surface area contributed by atoms with Gasteiger partial charge in [-0.1, -0.05) is 61.8 Å². The molecule has 1 aliphatic heterocycles. The summed E-state index contributed by atoms with van der Waals surface area (Å²) in [6.07, 6.45) is 7.72. The molecule has 0 aromatic carbocycles. The zero-order valence-electron chi connectivity index (χ0n) is 22.6. The van der Waals surface area contributed by atoms with Crippen molar-refractivity contribution in [2.75, 3.05) is 26.2 Å². The molecule has 0 aromatic heterocycles. The Morgan fingerprint density at radius 1 is 0.833 bits per heavy atom. The smallest absolute Gasteiger partial charge is 0.197 e. The molecule has 2 atom stereocenters. The third-order valence-electron chi connectivity index (χ3n) is 6.63. The second-order valence-corrected chi connectivity index (χ2v) is 13.1. The van der Waals surface area contributed by atoms with Gasteiger partial charge in [0.25, 0.3) is 0 Å². The van der Waals surface area contributed by atoms with Crippen LogP contribution in [0.1, 0.15) is 115 Å². The van der Waals surface area contributed by atoms with Gasteiger partial charge in [-0.3, -0.25) is 0 Å². The van der Waals surface area contributed by atoms with Crippen LogP contribution in [0.4, 0.5) is 0 Å². The number of guanidine groups is 1. The van der Waals surface area contributed by atoms with E-state index in [0.29, 0.717) is 10.8 Å². The standard InChI is InChI=1S/C27H55N3/c1-12-22(2)23(3)15-13-17-29-19-20-30(24(29)28-26(7,8)9)18-14-16-27(10,11)21-25(4,5)6/h22-23H,12-21H2,1-11H3. The Kier molecular flexibility index (Phi) is 10.2. The molecule has 0 radical (unpaired) electrons. The Balaban J connectivity index is 2.66. The van der Waals surface area contributed by atoms with Crippen molar-refractivity contribution in [3.05, 3.63) is 0 Å². The zero-order valence-corrected chi connectivity index (χ0v) is 22.6. The largest absolute Gasteiger partial charge is 0.341 e. The third-order valence-corrected chi connectivity index (χ3v) is 6.63. The summed E-state index contributed by atoms with van der Waals surface area (Å²) in [5.41, 5.74) is 0.788. The van der Waals surface area contributed by atoms with Crippen LogP contribution in [0.5, 0.6) is 0 Å². The number of aliphatic imine (C=N–C) groups is 1. The van der Waals surface area contributed by atoms with Gasteiger partial charge >= 0.3 is 0 Å². The van der Waals surface area contributed by atoms with Gasteiger partial charge in [-0.25, -0.2) is 4.99 Å². The van der Waals surface area contributed by atoms with E-state index in [4.69, 9.17) is 4.99 Å². The molecular formula is C27H55N3. The van der Waals surface area contributed by atoms with Crippen LogP contribution in [0.3, 0.4) is 0 Å². The van der Waals surface area contributed by atoms with Crippen LogP contribution in [0, 0.1) is 22.7 Å². The van der Waals surface area contributed by atoms with E-state index in [1.165, 1.54) is 44.5 Å². The number of nitrogens with zero attached hydrogens (tertiary/aromatic N) is 3. The first-order chi connectivity index (χ1) is 13.6. The zero-order chi connectivity index (χ0) is 23.2. The highest BCUT2D eigenvalue weighted by molar-refractivity contribution is 5.82. The van der Waals surface area contributed by atoms with Crippen molar-refractivity contribution in [1.29, 1.82) is 0 Å². The molecule has 0 saturated carbocycles. The van der Waals surface area contributed by atoms with Crippen LogP contribution in [0.25, 0.3) is 0 Å². The van der Waals surface area contributed by atoms with E-state index in [2.05, 4.69) is 86.0 Å². The van der Waals surface area contributed by atoms with Gasteiger partial charge in [0.15, 0.2) is 5.96 Å². The molecule has 1 heterocycles. The fraction of sp³-hybridized carbons (Fsp3) is 0.963. The predicted molar refractivity (Wildman–Crippen MR) is 135 cm³/mol. The third kappa shape index (κ3) is 10.5. The summed E-state index contributed by atoms with van der Waals surface area (Å²) in [4.78, 5) is 10.3. The van der Waals surface area contributed by atoms with Crippen molar-refractivity contribution in [3.8, 4) is 0 Å². The molecule has 1 saturated heterocycles. The lowest BCUT2D eigenvalue weighted by atomic mass is 9.74. The van der Waals surface area contributed by atoms with Gasteiger partial charge < -0.3 is 9.80 Å². The molecule has 1 rings (SSSR count). The molecule has 0 N–H and O–H groups in total. The molecule has 0 bridgehead atoms. The van der Waals surface area contributed by atoms with Gasteiger partial charge in [-0.15, -0.1) is 0 Å². The van der Waals surface area contributed by atoms with Crippen molar-refractivity contribution in [3.63, 3.8) is 0 Å². The van der Waals surface area contributed by atoms with E-state index >= 15 is 0 Å². The molecule has 0 aliphatic carbocycles. The fourth-order valence-electron chi connectivity index (χ4n) is 5.07. The molecular weight excluding hydrogens is 366 g/mol. The van der Waals surface area contributed by atoms with Gasteiger partial charge in [-0.2, -0.15) is 0 Å². The minimum atomic E-state index is -0.0221. The summed E-state index contributed by atoms with van der Waals surface area (Å²) in [6.45, 7) is 30.4. The van der Waals surface area contributed by atoms with Crippen LogP contribution in [0.15, 0.2) is 4.99 Å². The van der Waals surface area contributed by atoms with Crippen LogP contribution in [-0.2, 0) is 0 Å². The van der Waals surface area contributed by atoms with Gasteiger partial charge in [0.2, 0.25) is 0 Å². The number of hydrogen-bond acceptors (Lipinski definition) is 1. The SMILES string of the molecule is CCC(C)C(C)CCCN1CCN(CCCC(C)(C)CC(C)(C)C)C1=NC(C)(C)C. The number of rotatable bonds is 11. The lowest BCUT2D eigenvalue weighted by Crippen LogP contribution is -2.37. The highest BCUT2D eigenvalue weighted by atomic mass is 15.4. The number of hydrogen-bond donors (Lipinski definition) is 0. The van der Waals surface area contributed by atoms with E-state index in [0.717, 1.165) is 38.0 Å². The van der Waals surface area contributed by atoms with E-state index in [-0.39, 0.29) is 5.54 Å². The minimum Gasteiger partial charge on any atom is -0.341 e. The van der Waals surface area contributed by atoms with Gasteiger partial charge in [0.1, 0.15) is 0 Å². The Bertz CT molecular complexity index is 521. The second kappa shape index (κ2) is 11.2. The Labute approximate surface area is 190 Å². The predicted octanol–water partition coefficient (Wildman–Crippen LogP) is 7.46. The summed E-state index contributed by atoms with van der Waals surface area (Å²) >= 11 is 0. The molecule has 3 nitrogen and oxygen atoms in total. The highest BCUT2D eigenvalue weighted by Gasteiger charge is 2.29. The maximum absolute atomic E-state index is 5.16. The van der Waals surface area contributed by atoms with Crippen molar-refractivity contribution in [2.24, 2.45) is 27.7 Å². The quantitative estimate of drug-likeness (QED) is 0.344. The van der Waals surface area contributed by atoms with Crippen molar-refractivity contribution >= 4 is 5.96 Å². The Morgan fingerprint density at radius 3 is 1.83 bits per heavy atom. The second-order valence-electron chi connectivity index (χ2n) is 13.1. The molecule has 3 heteroatoms. The molecule has 2 unspecified atom stereocenters. The fourth-order valence-corrected chi connectivity index (χ4v) is 5.07. The summed E-state index contributed by atoms with van der Waals surface area (Å²) < 4.78 is 0. The average Bonchev–Trinajstić information content (AvgIpc) is 2.92. The topological polar surface area (TPSA) is 18.8 Å². The minimum absolute atomic E-state index is 0.0221. The molecule has 0 aromatic rings. The molecule has 30 heavy (non-hydrogen) atoms. The Hall–Kier alpha value is -0.730. The summed E-state index contributed by atoms with van der Waals surface area (Å²) in [5.74, 6) is 2.91. The lowest BCUT2D eigenvalue weighted by Gasteiger charge is -2.33.